The molecule has 2 rings (SSSR count). The summed E-state index contributed by atoms with van der Waals surface area (Å²) in [5.74, 6) is 0.307. The summed E-state index contributed by atoms with van der Waals surface area (Å²) in [5.41, 5.74) is -0.145. The van der Waals surface area contributed by atoms with Gasteiger partial charge >= 0.3 is 0 Å². The number of hydrogen-bond acceptors (Lipinski definition) is 3. The highest BCUT2D eigenvalue weighted by atomic mass is 79.9. The molecule has 0 amide bonds. The van der Waals surface area contributed by atoms with Crippen LogP contribution in [-0.2, 0) is 0 Å². The highest BCUT2D eigenvalue weighted by Crippen LogP contribution is 2.08. The zero-order chi connectivity index (χ0) is 11.7. The third-order valence-electron chi connectivity index (χ3n) is 2.17. The van der Waals surface area contributed by atoms with E-state index >= 15 is 0 Å². The average molecular weight is 283 g/mol. The van der Waals surface area contributed by atoms with Gasteiger partial charge < -0.3 is 4.57 Å². The van der Waals surface area contributed by atoms with Gasteiger partial charge in [0.15, 0.2) is 0 Å². The fraction of sp³-hybridized carbons (Fsp3) is 0.300. The van der Waals surface area contributed by atoms with Crippen molar-refractivity contribution in [2.24, 2.45) is 0 Å². The predicted octanol–water partition coefficient (Wildman–Crippen LogP) is 1.77. The molecule has 0 radical (unpaired) electrons. The molecule has 2 heterocycles. The summed E-state index contributed by atoms with van der Waals surface area (Å²) in [6.45, 7) is 3.90. The van der Waals surface area contributed by atoms with Crippen LogP contribution in [0.2, 0.25) is 0 Å². The molecular weight excluding hydrogens is 272 g/mol. The van der Waals surface area contributed by atoms with E-state index in [9.17, 15) is 4.79 Å². The predicted molar refractivity (Wildman–Crippen MR) is 63.7 cm³/mol. The lowest BCUT2D eigenvalue weighted by Gasteiger charge is -2.10. The molecule has 0 saturated heterocycles. The van der Waals surface area contributed by atoms with Crippen LogP contribution in [-0.4, -0.2) is 19.3 Å². The van der Waals surface area contributed by atoms with Gasteiger partial charge in [-0.2, -0.15) is 5.10 Å². The van der Waals surface area contributed by atoms with Crippen LogP contribution >= 0.6 is 15.9 Å². The summed E-state index contributed by atoms with van der Waals surface area (Å²) < 4.78 is 3.90. The second kappa shape index (κ2) is 4.21. The van der Waals surface area contributed by atoms with Crippen LogP contribution in [0.3, 0.4) is 0 Å². The lowest BCUT2D eigenvalue weighted by Crippen LogP contribution is -2.26. The highest BCUT2D eigenvalue weighted by molar-refractivity contribution is 9.10. The number of rotatable bonds is 2. The molecular formula is C10H11BrN4O. The summed E-state index contributed by atoms with van der Waals surface area (Å²) in [5, 5.41) is 4.04. The molecule has 0 aliphatic heterocycles. The molecule has 84 valence electrons. The van der Waals surface area contributed by atoms with E-state index in [1.807, 2.05) is 13.8 Å². The van der Waals surface area contributed by atoms with Gasteiger partial charge in [0.1, 0.15) is 0 Å². The zero-order valence-electron chi connectivity index (χ0n) is 8.96. The minimum atomic E-state index is -0.145. The van der Waals surface area contributed by atoms with Crippen molar-refractivity contribution < 1.29 is 0 Å². The number of nitrogens with zero attached hydrogens (tertiary/aromatic N) is 4. The Labute approximate surface area is 101 Å². The second-order valence-corrected chi connectivity index (χ2v) is 4.58. The van der Waals surface area contributed by atoms with Crippen molar-refractivity contribution in [2.45, 2.75) is 19.9 Å². The Morgan fingerprint density at radius 1 is 1.44 bits per heavy atom. The van der Waals surface area contributed by atoms with Gasteiger partial charge in [-0.25, -0.2) is 9.67 Å². The van der Waals surface area contributed by atoms with Crippen molar-refractivity contribution in [3.63, 3.8) is 0 Å². The van der Waals surface area contributed by atoms with Gasteiger partial charge in [-0.3, -0.25) is 4.79 Å². The first-order valence-electron chi connectivity index (χ1n) is 4.87. The minimum absolute atomic E-state index is 0.105. The van der Waals surface area contributed by atoms with Gasteiger partial charge in [0.2, 0.25) is 5.82 Å². The van der Waals surface area contributed by atoms with Crippen LogP contribution in [0.15, 0.2) is 34.1 Å². The van der Waals surface area contributed by atoms with Crippen LogP contribution in [0.25, 0.3) is 5.82 Å². The number of halogens is 1. The summed E-state index contributed by atoms with van der Waals surface area (Å²) in [4.78, 5) is 16.1. The molecule has 0 spiro atoms. The van der Waals surface area contributed by atoms with Crippen molar-refractivity contribution in [2.75, 3.05) is 0 Å². The van der Waals surface area contributed by atoms with Gasteiger partial charge in [-0.05, 0) is 29.8 Å². The summed E-state index contributed by atoms with van der Waals surface area (Å²) in [7, 11) is 0. The first-order valence-corrected chi connectivity index (χ1v) is 5.66. The summed E-state index contributed by atoms with van der Waals surface area (Å²) in [6.07, 6.45) is 6.60. The van der Waals surface area contributed by atoms with Gasteiger partial charge in [0.05, 0.1) is 10.7 Å². The van der Waals surface area contributed by atoms with Gasteiger partial charge in [-0.1, -0.05) is 0 Å². The van der Waals surface area contributed by atoms with E-state index in [-0.39, 0.29) is 11.6 Å². The first kappa shape index (κ1) is 11.1. The third kappa shape index (κ3) is 1.92. The average Bonchev–Trinajstić information content (AvgIpc) is 2.64. The van der Waals surface area contributed by atoms with Crippen molar-refractivity contribution in [3.8, 4) is 5.82 Å². The Hall–Kier alpha value is -1.43. The fourth-order valence-corrected chi connectivity index (χ4v) is 1.68. The fourth-order valence-electron chi connectivity index (χ4n) is 1.39. The summed E-state index contributed by atoms with van der Waals surface area (Å²) in [6, 6.07) is 0.105. The van der Waals surface area contributed by atoms with E-state index in [1.165, 1.54) is 4.68 Å². The molecule has 0 atom stereocenters. The van der Waals surface area contributed by atoms with Crippen LogP contribution in [0.4, 0.5) is 0 Å². The normalized spacial score (nSPS) is 11.0. The Morgan fingerprint density at radius 2 is 2.19 bits per heavy atom. The monoisotopic (exact) mass is 282 g/mol. The standard InChI is InChI=1S/C10H11BrN4O/c1-7(2)14-4-3-12-9(10(14)16)15-6-8(11)5-13-15/h3-7H,1-2H3. The van der Waals surface area contributed by atoms with Gasteiger partial charge in [0, 0.05) is 24.6 Å². The molecule has 2 aromatic heterocycles. The molecule has 0 fully saturated rings. The smallest absolute Gasteiger partial charge is 0.295 e. The molecule has 0 saturated carbocycles. The Bertz CT molecular complexity index is 558. The SMILES string of the molecule is CC(C)n1ccnc(-n2cc(Br)cn2)c1=O. The minimum Gasteiger partial charge on any atom is -0.308 e. The quantitative estimate of drug-likeness (QED) is 0.844. The topological polar surface area (TPSA) is 52.7 Å². The maximum atomic E-state index is 12.0. The Kier molecular flexibility index (Phi) is 2.91. The van der Waals surface area contributed by atoms with E-state index in [0.717, 1.165) is 4.47 Å². The van der Waals surface area contributed by atoms with Crippen LogP contribution in [0.1, 0.15) is 19.9 Å². The van der Waals surface area contributed by atoms with Crippen molar-refractivity contribution in [1.29, 1.82) is 0 Å². The second-order valence-electron chi connectivity index (χ2n) is 3.66. The maximum absolute atomic E-state index is 12.0. The van der Waals surface area contributed by atoms with Crippen molar-refractivity contribution in [3.05, 3.63) is 39.6 Å². The Balaban J connectivity index is 2.59. The molecule has 16 heavy (non-hydrogen) atoms. The van der Waals surface area contributed by atoms with Gasteiger partial charge in [0.25, 0.3) is 5.56 Å². The van der Waals surface area contributed by atoms with Crippen LogP contribution in [0, 0.1) is 0 Å². The molecule has 0 unspecified atom stereocenters. The molecule has 2 aromatic rings. The lowest BCUT2D eigenvalue weighted by molar-refractivity contribution is 0.567. The Morgan fingerprint density at radius 3 is 2.75 bits per heavy atom. The third-order valence-corrected chi connectivity index (χ3v) is 2.58. The van der Waals surface area contributed by atoms with Crippen LogP contribution in [0.5, 0.6) is 0 Å². The van der Waals surface area contributed by atoms with E-state index < -0.39 is 0 Å². The van der Waals surface area contributed by atoms with E-state index in [2.05, 4.69) is 26.0 Å². The van der Waals surface area contributed by atoms with Crippen molar-refractivity contribution >= 4 is 15.9 Å². The van der Waals surface area contributed by atoms with Crippen molar-refractivity contribution in [1.82, 2.24) is 19.3 Å². The number of aromatic nitrogens is 4. The van der Waals surface area contributed by atoms with Crippen LogP contribution < -0.4 is 5.56 Å². The first-order chi connectivity index (χ1) is 7.59. The molecule has 0 aromatic carbocycles. The molecule has 5 nitrogen and oxygen atoms in total. The highest BCUT2D eigenvalue weighted by Gasteiger charge is 2.09. The zero-order valence-corrected chi connectivity index (χ0v) is 10.5. The molecule has 0 N–H and O–H groups in total. The maximum Gasteiger partial charge on any atom is 0.295 e. The van der Waals surface area contributed by atoms with E-state index in [1.54, 1.807) is 29.4 Å². The largest absolute Gasteiger partial charge is 0.308 e. The summed E-state index contributed by atoms with van der Waals surface area (Å²) >= 11 is 3.28. The molecule has 0 bridgehead atoms. The molecule has 6 heteroatoms. The molecule has 0 aliphatic rings. The molecule has 0 aliphatic carbocycles. The van der Waals surface area contributed by atoms with E-state index in [4.69, 9.17) is 0 Å². The lowest BCUT2D eigenvalue weighted by atomic mass is 10.4. The van der Waals surface area contributed by atoms with E-state index in [0.29, 0.717) is 5.82 Å². The van der Waals surface area contributed by atoms with Gasteiger partial charge in [-0.15, -0.1) is 0 Å². The number of hydrogen-bond donors (Lipinski definition) is 0.